The van der Waals surface area contributed by atoms with Crippen molar-refractivity contribution in [2.24, 2.45) is 7.05 Å². The maximum atomic E-state index is 13.1. The van der Waals surface area contributed by atoms with Gasteiger partial charge < -0.3 is 15.3 Å². The fraction of sp³-hybridized carbons (Fsp3) is 0.474. The fourth-order valence-electron chi connectivity index (χ4n) is 3.30. The lowest BCUT2D eigenvalue weighted by Gasteiger charge is -2.39. The molecule has 0 radical (unpaired) electrons. The summed E-state index contributed by atoms with van der Waals surface area (Å²) in [5, 5.41) is 19.1. The molecule has 0 saturated carbocycles. The van der Waals surface area contributed by atoms with Crippen molar-refractivity contribution in [1.82, 2.24) is 14.2 Å². The SMILES string of the molecule is CC(C)c1cccc(NC(=O)N([O-])S(=O)(=O)N(c2cnn(C)c2)C2CCOCC2)c1. The lowest BCUT2D eigenvalue weighted by atomic mass is 10.0. The molecule has 0 aliphatic carbocycles. The van der Waals surface area contributed by atoms with Gasteiger partial charge in [0, 0.05) is 32.1 Å². The Morgan fingerprint density at radius 1 is 1.33 bits per heavy atom. The number of hydrogen-bond acceptors (Lipinski definition) is 6. The van der Waals surface area contributed by atoms with Gasteiger partial charge in [0.05, 0.1) is 17.9 Å². The third-order valence-corrected chi connectivity index (χ3v) is 6.49. The first-order valence-electron chi connectivity index (χ1n) is 9.69. The number of aryl methyl sites for hydroxylation is 1. The highest BCUT2D eigenvalue weighted by Crippen LogP contribution is 2.28. The second-order valence-electron chi connectivity index (χ2n) is 7.46. The van der Waals surface area contributed by atoms with E-state index in [1.54, 1.807) is 25.2 Å². The Morgan fingerprint density at radius 3 is 2.63 bits per heavy atom. The molecule has 1 fully saturated rings. The summed E-state index contributed by atoms with van der Waals surface area (Å²) in [6.45, 7) is 4.71. The number of nitrogens with zero attached hydrogens (tertiary/aromatic N) is 4. The summed E-state index contributed by atoms with van der Waals surface area (Å²) >= 11 is 0. The van der Waals surface area contributed by atoms with E-state index >= 15 is 0 Å². The van der Waals surface area contributed by atoms with Crippen molar-refractivity contribution in [3.05, 3.63) is 47.4 Å². The molecule has 3 rings (SSSR count). The van der Waals surface area contributed by atoms with Gasteiger partial charge in [-0.2, -0.15) is 13.5 Å². The molecule has 1 aliphatic heterocycles. The zero-order valence-corrected chi connectivity index (χ0v) is 18.0. The third kappa shape index (κ3) is 4.74. The van der Waals surface area contributed by atoms with E-state index in [0.717, 1.165) is 9.87 Å². The first-order valence-corrected chi connectivity index (χ1v) is 11.1. The van der Waals surface area contributed by atoms with Crippen LogP contribution in [0.2, 0.25) is 0 Å². The molecule has 11 heteroatoms. The molecule has 0 bridgehead atoms. The first kappa shape index (κ1) is 22.1. The summed E-state index contributed by atoms with van der Waals surface area (Å²) < 4.78 is 33.5. The van der Waals surface area contributed by atoms with E-state index in [4.69, 9.17) is 4.74 Å². The number of hydroxylamine groups is 1. The van der Waals surface area contributed by atoms with Gasteiger partial charge in [-0.3, -0.25) is 9.15 Å². The molecular formula is C19H26N5O5S-. The number of urea groups is 1. The average Bonchev–Trinajstić information content (AvgIpc) is 3.13. The van der Waals surface area contributed by atoms with Gasteiger partial charge in [0.1, 0.15) is 0 Å². The van der Waals surface area contributed by atoms with Crippen LogP contribution in [0.15, 0.2) is 36.7 Å². The van der Waals surface area contributed by atoms with Crippen LogP contribution < -0.4 is 9.62 Å². The van der Waals surface area contributed by atoms with Gasteiger partial charge in [-0.05, 0) is 36.5 Å². The molecule has 30 heavy (non-hydrogen) atoms. The van der Waals surface area contributed by atoms with Gasteiger partial charge >= 0.3 is 16.2 Å². The Labute approximate surface area is 176 Å². The van der Waals surface area contributed by atoms with Crippen LogP contribution >= 0.6 is 0 Å². The highest BCUT2D eigenvalue weighted by Gasteiger charge is 2.35. The minimum absolute atomic E-state index is 0.212. The van der Waals surface area contributed by atoms with Crippen molar-refractivity contribution in [3.8, 4) is 0 Å². The van der Waals surface area contributed by atoms with Crippen molar-refractivity contribution in [2.75, 3.05) is 22.8 Å². The maximum Gasteiger partial charge on any atom is 0.326 e. The number of ether oxygens (including phenoxy) is 1. The van der Waals surface area contributed by atoms with Gasteiger partial charge in [0.25, 0.3) is 0 Å². The second-order valence-corrected chi connectivity index (χ2v) is 9.08. The summed E-state index contributed by atoms with van der Waals surface area (Å²) in [4.78, 5) is 12.5. The quantitative estimate of drug-likeness (QED) is 0.695. The van der Waals surface area contributed by atoms with Crippen LogP contribution in [-0.2, 0) is 22.0 Å². The van der Waals surface area contributed by atoms with Crippen LogP contribution in [0.3, 0.4) is 0 Å². The van der Waals surface area contributed by atoms with Gasteiger partial charge in [-0.1, -0.05) is 26.0 Å². The molecule has 164 valence electrons. The second kappa shape index (κ2) is 9.02. The van der Waals surface area contributed by atoms with Crippen molar-refractivity contribution in [2.45, 2.75) is 38.6 Å². The Bertz CT molecular complexity index is 985. The highest BCUT2D eigenvalue weighted by atomic mass is 32.2. The Kier molecular flexibility index (Phi) is 6.64. The van der Waals surface area contributed by atoms with E-state index in [2.05, 4.69) is 10.4 Å². The zero-order chi connectivity index (χ0) is 21.9. The number of carbonyl (C=O) groups is 1. The predicted octanol–water partition coefficient (Wildman–Crippen LogP) is 2.81. The molecule has 0 atom stereocenters. The minimum atomic E-state index is -4.70. The van der Waals surface area contributed by atoms with Crippen LogP contribution in [-0.4, -0.2) is 48.0 Å². The number of hydrogen-bond donors (Lipinski definition) is 1. The molecular weight excluding hydrogens is 410 g/mol. The largest absolute Gasteiger partial charge is 0.740 e. The van der Waals surface area contributed by atoms with E-state index in [9.17, 15) is 18.4 Å². The van der Waals surface area contributed by atoms with E-state index in [0.29, 0.717) is 31.7 Å². The molecule has 1 saturated heterocycles. The minimum Gasteiger partial charge on any atom is -0.740 e. The number of benzene rings is 1. The Balaban J connectivity index is 1.86. The summed E-state index contributed by atoms with van der Waals surface area (Å²) in [6, 6.07) is 5.14. The van der Waals surface area contributed by atoms with Gasteiger partial charge in [0.2, 0.25) is 0 Å². The fourth-order valence-corrected chi connectivity index (χ4v) is 4.67. The molecule has 0 spiro atoms. The molecule has 1 N–H and O–H groups in total. The zero-order valence-electron chi connectivity index (χ0n) is 17.2. The molecule has 0 unspecified atom stereocenters. The summed E-state index contributed by atoms with van der Waals surface area (Å²) in [5.41, 5.74) is 1.52. The lowest BCUT2D eigenvalue weighted by molar-refractivity contribution is 0.0874. The maximum absolute atomic E-state index is 13.1. The van der Waals surface area contributed by atoms with Gasteiger partial charge in [0.15, 0.2) is 0 Å². The highest BCUT2D eigenvalue weighted by molar-refractivity contribution is 7.91. The smallest absolute Gasteiger partial charge is 0.326 e. The number of nitrogens with one attached hydrogen (secondary N) is 1. The molecule has 2 amide bonds. The topological polar surface area (TPSA) is 120 Å². The van der Waals surface area contributed by atoms with E-state index in [1.807, 2.05) is 19.9 Å². The van der Waals surface area contributed by atoms with E-state index in [-0.39, 0.29) is 11.6 Å². The van der Waals surface area contributed by atoms with Crippen molar-refractivity contribution < 1.29 is 17.9 Å². The molecule has 2 heterocycles. The monoisotopic (exact) mass is 436 g/mol. The number of aromatic nitrogens is 2. The Hall–Kier alpha value is -2.63. The van der Waals surface area contributed by atoms with Gasteiger partial charge in [-0.15, -0.1) is 0 Å². The molecule has 1 aromatic carbocycles. The predicted molar refractivity (Wildman–Crippen MR) is 113 cm³/mol. The molecule has 2 aromatic rings. The average molecular weight is 437 g/mol. The number of rotatable bonds is 6. The van der Waals surface area contributed by atoms with Crippen LogP contribution in [0.5, 0.6) is 0 Å². The summed E-state index contributed by atoms with van der Waals surface area (Å²) in [6.07, 6.45) is 3.65. The van der Waals surface area contributed by atoms with Crippen molar-refractivity contribution >= 4 is 27.6 Å². The molecule has 1 aliphatic rings. The molecule has 10 nitrogen and oxygen atoms in total. The van der Waals surface area contributed by atoms with Crippen LogP contribution in [0, 0.1) is 5.21 Å². The third-order valence-electron chi connectivity index (χ3n) is 4.90. The van der Waals surface area contributed by atoms with Gasteiger partial charge in [-0.25, -0.2) is 9.10 Å². The van der Waals surface area contributed by atoms with Crippen LogP contribution in [0.4, 0.5) is 16.2 Å². The first-order chi connectivity index (χ1) is 14.2. The normalized spacial score (nSPS) is 15.2. The Morgan fingerprint density at radius 2 is 2.03 bits per heavy atom. The summed E-state index contributed by atoms with van der Waals surface area (Å²) in [5.74, 6) is 0.212. The summed E-state index contributed by atoms with van der Waals surface area (Å²) in [7, 11) is -3.06. The standard InChI is InChI=1S/C19H26N5O5S/c1-14(2)15-5-4-6-16(11-15)21-19(25)24(26)30(27,28)23(17-7-9-29-10-8-17)18-12-20-22(3)13-18/h4-6,11-14,17H,7-10H2,1-3H3,(H,21,25)/q-1. The van der Waals surface area contributed by atoms with Crippen molar-refractivity contribution in [3.63, 3.8) is 0 Å². The van der Waals surface area contributed by atoms with Crippen molar-refractivity contribution in [1.29, 1.82) is 0 Å². The number of anilines is 2. The number of amides is 2. The molecule has 1 aromatic heterocycles. The number of carbonyl (C=O) groups excluding carboxylic acids is 1. The van der Waals surface area contributed by atoms with E-state index < -0.39 is 26.8 Å². The van der Waals surface area contributed by atoms with Crippen LogP contribution in [0.25, 0.3) is 0 Å². The lowest BCUT2D eigenvalue weighted by Crippen LogP contribution is -2.51. The van der Waals surface area contributed by atoms with E-state index in [1.165, 1.54) is 17.1 Å². The van der Waals surface area contributed by atoms with Crippen LogP contribution in [0.1, 0.15) is 38.2 Å².